The maximum absolute atomic E-state index is 13.0. The van der Waals surface area contributed by atoms with E-state index in [1.54, 1.807) is 41.9 Å². The highest BCUT2D eigenvalue weighted by Crippen LogP contribution is 2.35. The fourth-order valence-corrected chi connectivity index (χ4v) is 5.10. The van der Waals surface area contributed by atoms with Crippen LogP contribution in [0.1, 0.15) is 47.5 Å². The average molecular weight is 410 g/mol. The van der Waals surface area contributed by atoms with Gasteiger partial charge in [-0.05, 0) is 61.9 Å². The number of fused-ring (bicyclic) bond motifs is 3. The lowest BCUT2D eigenvalue weighted by molar-refractivity contribution is -0.116. The fraction of sp³-hybridized carbons (Fsp3) is 0.364. The van der Waals surface area contributed by atoms with Crippen LogP contribution in [0.4, 0.5) is 5.69 Å². The molecule has 0 saturated heterocycles. The molecule has 0 fully saturated rings. The Morgan fingerprint density at radius 3 is 2.76 bits per heavy atom. The summed E-state index contributed by atoms with van der Waals surface area (Å²) in [5, 5.41) is 3.54. The average Bonchev–Trinajstić information content (AvgIpc) is 3.06. The van der Waals surface area contributed by atoms with Gasteiger partial charge in [-0.1, -0.05) is 6.92 Å². The van der Waals surface area contributed by atoms with E-state index in [4.69, 9.17) is 0 Å². The number of amides is 1. The van der Waals surface area contributed by atoms with Crippen molar-refractivity contribution in [1.82, 2.24) is 9.55 Å². The van der Waals surface area contributed by atoms with Gasteiger partial charge >= 0.3 is 0 Å². The summed E-state index contributed by atoms with van der Waals surface area (Å²) < 4.78 is 1.53. The standard InChI is InChI=1S/C22H23N3O3S/c1-13-3-8-17-18(11-13)29-21-20(17)22(28)25(12-23-21)10-9-19(27)24-16-6-4-15(5-7-16)14(2)26/h4-7,12-13H,3,8-11H2,1-2H3,(H,24,27). The van der Waals surface area contributed by atoms with Crippen molar-refractivity contribution in [1.29, 1.82) is 0 Å². The zero-order valence-corrected chi connectivity index (χ0v) is 17.3. The van der Waals surface area contributed by atoms with Crippen LogP contribution in [0.5, 0.6) is 0 Å². The Labute approximate surface area is 172 Å². The molecule has 1 unspecified atom stereocenters. The summed E-state index contributed by atoms with van der Waals surface area (Å²) in [5.74, 6) is 0.440. The maximum atomic E-state index is 13.0. The van der Waals surface area contributed by atoms with Gasteiger partial charge in [-0.2, -0.15) is 0 Å². The van der Waals surface area contributed by atoms with Crippen LogP contribution < -0.4 is 10.9 Å². The van der Waals surface area contributed by atoms with E-state index in [2.05, 4.69) is 17.2 Å². The monoisotopic (exact) mass is 409 g/mol. The van der Waals surface area contributed by atoms with Gasteiger partial charge < -0.3 is 5.32 Å². The zero-order chi connectivity index (χ0) is 20.5. The molecule has 6 nitrogen and oxygen atoms in total. The second-order valence-corrected chi connectivity index (χ2v) is 8.79. The highest BCUT2D eigenvalue weighted by atomic mass is 32.1. The van der Waals surface area contributed by atoms with E-state index in [1.807, 2.05) is 0 Å². The fourth-order valence-electron chi connectivity index (χ4n) is 3.76. The van der Waals surface area contributed by atoms with Crippen LogP contribution in [0.15, 0.2) is 35.4 Å². The number of nitrogens with zero attached hydrogens (tertiary/aromatic N) is 2. The third-order valence-electron chi connectivity index (χ3n) is 5.44. The number of aryl methyl sites for hydroxylation is 2. The van der Waals surface area contributed by atoms with E-state index in [1.165, 1.54) is 16.4 Å². The number of benzene rings is 1. The van der Waals surface area contributed by atoms with Crippen LogP contribution >= 0.6 is 11.3 Å². The van der Waals surface area contributed by atoms with E-state index in [0.717, 1.165) is 35.0 Å². The molecule has 1 aliphatic carbocycles. The lowest BCUT2D eigenvalue weighted by atomic mass is 9.89. The first-order chi connectivity index (χ1) is 13.9. The van der Waals surface area contributed by atoms with Gasteiger partial charge in [0.25, 0.3) is 5.56 Å². The molecule has 2 heterocycles. The molecule has 1 atom stereocenters. The van der Waals surface area contributed by atoms with Crippen molar-refractivity contribution >= 4 is 38.9 Å². The van der Waals surface area contributed by atoms with Crippen LogP contribution in [0.25, 0.3) is 10.2 Å². The number of Topliss-reactive ketones (excluding diaryl/α,β-unsaturated/α-hetero) is 1. The number of hydrogen-bond acceptors (Lipinski definition) is 5. The van der Waals surface area contributed by atoms with Crippen molar-refractivity contribution in [3.05, 3.63) is 57.0 Å². The highest BCUT2D eigenvalue weighted by molar-refractivity contribution is 7.18. The van der Waals surface area contributed by atoms with Crippen LogP contribution in [0, 0.1) is 5.92 Å². The Balaban J connectivity index is 1.47. The molecule has 3 aromatic rings. The molecular formula is C22H23N3O3S. The highest BCUT2D eigenvalue weighted by Gasteiger charge is 2.23. The number of rotatable bonds is 5. The first kappa shape index (κ1) is 19.5. The SMILES string of the molecule is CC(=O)c1ccc(NC(=O)CCn2cnc3sc4c(c3c2=O)CCC(C)C4)cc1. The van der Waals surface area contributed by atoms with Crippen molar-refractivity contribution in [3.8, 4) is 0 Å². The number of anilines is 1. The molecule has 0 radical (unpaired) electrons. The van der Waals surface area contributed by atoms with Gasteiger partial charge in [0, 0.05) is 29.1 Å². The minimum absolute atomic E-state index is 0.0183. The van der Waals surface area contributed by atoms with E-state index in [-0.39, 0.29) is 30.2 Å². The van der Waals surface area contributed by atoms with Crippen molar-refractivity contribution < 1.29 is 9.59 Å². The lowest BCUT2D eigenvalue weighted by Crippen LogP contribution is -2.24. The smallest absolute Gasteiger partial charge is 0.262 e. The minimum atomic E-state index is -0.186. The maximum Gasteiger partial charge on any atom is 0.262 e. The van der Waals surface area contributed by atoms with Crippen LogP contribution in [-0.4, -0.2) is 21.2 Å². The van der Waals surface area contributed by atoms with Gasteiger partial charge in [-0.25, -0.2) is 4.98 Å². The molecule has 150 valence electrons. The third-order valence-corrected chi connectivity index (χ3v) is 6.60. The molecule has 0 spiro atoms. The molecule has 4 rings (SSSR count). The molecule has 0 saturated carbocycles. The molecule has 0 bridgehead atoms. The largest absolute Gasteiger partial charge is 0.326 e. The predicted molar refractivity (Wildman–Crippen MR) is 115 cm³/mol. The van der Waals surface area contributed by atoms with Crippen molar-refractivity contribution in [3.63, 3.8) is 0 Å². The van der Waals surface area contributed by atoms with Gasteiger partial charge in [0.05, 0.1) is 11.7 Å². The first-order valence-electron chi connectivity index (χ1n) is 9.83. The number of carbonyl (C=O) groups is 2. The summed E-state index contributed by atoms with van der Waals surface area (Å²) in [7, 11) is 0. The van der Waals surface area contributed by atoms with Gasteiger partial charge in [-0.3, -0.25) is 19.0 Å². The quantitative estimate of drug-likeness (QED) is 0.650. The van der Waals surface area contributed by atoms with Crippen molar-refractivity contribution in [2.45, 2.75) is 46.1 Å². The first-order valence-corrected chi connectivity index (χ1v) is 10.6. The van der Waals surface area contributed by atoms with Crippen molar-refractivity contribution in [2.24, 2.45) is 5.92 Å². The second-order valence-electron chi connectivity index (χ2n) is 7.71. The molecule has 29 heavy (non-hydrogen) atoms. The van der Waals surface area contributed by atoms with Crippen molar-refractivity contribution in [2.75, 3.05) is 5.32 Å². The number of ketones is 1. The summed E-state index contributed by atoms with van der Waals surface area (Å²) in [6.45, 7) is 4.02. The minimum Gasteiger partial charge on any atom is -0.326 e. The van der Waals surface area contributed by atoms with Crippen LogP contribution in [0.3, 0.4) is 0 Å². The van der Waals surface area contributed by atoms with Crippen LogP contribution in [0.2, 0.25) is 0 Å². The van der Waals surface area contributed by atoms with E-state index in [9.17, 15) is 14.4 Å². The second kappa shape index (κ2) is 7.91. The normalized spacial score (nSPS) is 15.9. The number of aromatic nitrogens is 2. The molecule has 1 amide bonds. The van der Waals surface area contributed by atoms with E-state index < -0.39 is 0 Å². The summed E-state index contributed by atoms with van der Waals surface area (Å²) in [5.41, 5.74) is 2.33. The molecule has 2 aromatic heterocycles. The van der Waals surface area contributed by atoms with E-state index >= 15 is 0 Å². The van der Waals surface area contributed by atoms with Gasteiger partial charge in [0.2, 0.25) is 5.91 Å². The lowest BCUT2D eigenvalue weighted by Gasteiger charge is -2.17. The molecule has 0 aliphatic heterocycles. The van der Waals surface area contributed by atoms with Gasteiger partial charge in [-0.15, -0.1) is 11.3 Å². The number of hydrogen-bond donors (Lipinski definition) is 1. The van der Waals surface area contributed by atoms with Gasteiger partial charge in [0.15, 0.2) is 5.78 Å². The molecule has 7 heteroatoms. The molecular weight excluding hydrogens is 386 g/mol. The Morgan fingerprint density at radius 1 is 1.28 bits per heavy atom. The summed E-state index contributed by atoms with van der Waals surface area (Å²) in [6.07, 6.45) is 4.75. The Morgan fingerprint density at radius 2 is 2.03 bits per heavy atom. The Hall–Kier alpha value is -2.80. The third kappa shape index (κ3) is 4.00. The van der Waals surface area contributed by atoms with Crippen LogP contribution in [-0.2, 0) is 24.2 Å². The zero-order valence-electron chi connectivity index (χ0n) is 16.5. The topological polar surface area (TPSA) is 81.1 Å². The summed E-state index contributed by atoms with van der Waals surface area (Å²) >= 11 is 1.63. The van der Waals surface area contributed by atoms with E-state index in [0.29, 0.717) is 17.2 Å². The molecule has 1 aliphatic rings. The predicted octanol–water partition coefficient (Wildman–Crippen LogP) is 3.81. The number of nitrogens with one attached hydrogen (secondary N) is 1. The molecule has 1 aromatic carbocycles. The van der Waals surface area contributed by atoms with Gasteiger partial charge in [0.1, 0.15) is 4.83 Å². The number of thiophene rings is 1. The Kier molecular flexibility index (Phi) is 5.32. The molecule has 1 N–H and O–H groups in total. The summed E-state index contributed by atoms with van der Waals surface area (Å²) in [6, 6.07) is 6.77. The summed E-state index contributed by atoms with van der Waals surface area (Å²) in [4.78, 5) is 43.2. The number of carbonyl (C=O) groups excluding carboxylic acids is 2. The Bertz CT molecular complexity index is 1140.